The number of hydrogen-bond donors (Lipinski definition) is 1. The van der Waals surface area contributed by atoms with Crippen molar-refractivity contribution in [1.29, 1.82) is 0 Å². The fraction of sp³-hybridized carbons (Fsp3) is 0.182. The van der Waals surface area contributed by atoms with Gasteiger partial charge in [-0.1, -0.05) is 66.7 Å². The highest BCUT2D eigenvalue weighted by Gasteiger charge is 2.21. The van der Waals surface area contributed by atoms with Crippen LogP contribution in [-0.4, -0.2) is 16.1 Å². The molecule has 0 aliphatic rings. The summed E-state index contributed by atoms with van der Waals surface area (Å²) in [5.74, 6) is 0.833. The molecule has 0 aliphatic heterocycles. The minimum absolute atomic E-state index is 0.0189. The summed E-state index contributed by atoms with van der Waals surface area (Å²) < 4.78 is 0. The first-order valence-electron chi connectivity index (χ1n) is 8.66. The molecule has 3 nitrogen and oxygen atoms in total. The maximum atomic E-state index is 12.8. The van der Waals surface area contributed by atoms with Crippen molar-refractivity contribution >= 4 is 17.7 Å². The van der Waals surface area contributed by atoms with E-state index in [0.717, 1.165) is 17.0 Å². The standard InChI is InChI=1S/C22H22N2OS/c1-17(26-16-18-10-4-2-5-11-18)22(25)24-21(19-12-6-3-7-13-19)20-14-8-9-15-23-20/h2-15,17,21H,16H2,1H3,(H,24,25)/t17-,21-/m0/s1. The molecule has 0 saturated carbocycles. The molecule has 1 N–H and O–H groups in total. The Morgan fingerprint density at radius 1 is 0.962 bits per heavy atom. The molecule has 0 bridgehead atoms. The number of thioether (sulfide) groups is 1. The molecule has 132 valence electrons. The average Bonchev–Trinajstić information content (AvgIpc) is 2.72. The molecular formula is C22H22N2OS. The summed E-state index contributed by atoms with van der Waals surface area (Å²) in [4.78, 5) is 17.2. The maximum Gasteiger partial charge on any atom is 0.233 e. The number of hydrogen-bond acceptors (Lipinski definition) is 3. The molecule has 2 atom stereocenters. The Bertz CT molecular complexity index is 770. The van der Waals surface area contributed by atoms with Gasteiger partial charge in [-0.3, -0.25) is 9.78 Å². The van der Waals surface area contributed by atoms with E-state index in [0.29, 0.717) is 0 Å². The van der Waals surface area contributed by atoms with Gasteiger partial charge in [0.05, 0.1) is 17.0 Å². The van der Waals surface area contributed by atoms with Crippen LogP contribution < -0.4 is 5.32 Å². The zero-order valence-corrected chi connectivity index (χ0v) is 15.5. The Morgan fingerprint density at radius 3 is 2.27 bits per heavy atom. The van der Waals surface area contributed by atoms with E-state index < -0.39 is 0 Å². The van der Waals surface area contributed by atoms with Crippen molar-refractivity contribution in [2.75, 3.05) is 0 Å². The third-order valence-corrected chi connectivity index (χ3v) is 5.33. The second-order valence-corrected chi connectivity index (χ2v) is 7.37. The Balaban J connectivity index is 1.69. The molecule has 0 spiro atoms. The van der Waals surface area contributed by atoms with Gasteiger partial charge in [0.25, 0.3) is 0 Å². The van der Waals surface area contributed by atoms with Crippen LogP contribution in [0.15, 0.2) is 85.1 Å². The van der Waals surface area contributed by atoms with Crippen molar-refractivity contribution in [3.63, 3.8) is 0 Å². The lowest BCUT2D eigenvalue weighted by atomic mass is 10.0. The number of nitrogens with zero attached hydrogens (tertiary/aromatic N) is 1. The van der Waals surface area contributed by atoms with Crippen molar-refractivity contribution in [3.05, 3.63) is 102 Å². The normalized spacial score (nSPS) is 13.0. The van der Waals surface area contributed by atoms with E-state index in [9.17, 15) is 4.79 Å². The lowest BCUT2D eigenvalue weighted by Crippen LogP contribution is -2.35. The molecule has 1 heterocycles. The molecule has 1 amide bonds. The second kappa shape index (κ2) is 9.20. The van der Waals surface area contributed by atoms with Gasteiger partial charge in [-0.25, -0.2) is 0 Å². The van der Waals surface area contributed by atoms with Crippen LogP contribution in [0.3, 0.4) is 0 Å². The van der Waals surface area contributed by atoms with Gasteiger partial charge in [-0.05, 0) is 30.2 Å². The van der Waals surface area contributed by atoms with Gasteiger partial charge < -0.3 is 5.32 Å². The molecule has 3 aromatic rings. The van der Waals surface area contributed by atoms with E-state index in [1.165, 1.54) is 5.56 Å². The third-order valence-electron chi connectivity index (χ3n) is 4.12. The molecular weight excluding hydrogens is 340 g/mol. The SMILES string of the molecule is C[C@H](SCc1ccccc1)C(=O)N[C@@H](c1ccccc1)c1ccccn1. The minimum Gasteiger partial charge on any atom is -0.343 e. The lowest BCUT2D eigenvalue weighted by Gasteiger charge is -2.21. The molecule has 0 unspecified atom stereocenters. The van der Waals surface area contributed by atoms with Gasteiger partial charge in [0, 0.05) is 11.9 Å². The number of carbonyl (C=O) groups excluding carboxylic acids is 1. The van der Waals surface area contributed by atoms with Crippen LogP contribution in [0.5, 0.6) is 0 Å². The fourth-order valence-corrected chi connectivity index (χ4v) is 3.51. The highest BCUT2D eigenvalue weighted by Crippen LogP contribution is 2.23. The zero-order valence-electron chi connectivity index (χ0n) is 14.7. The fourth-order valence-electron chi connectivity index (χ4n) is 2.65. The second-order valence-electron chi connectivity index (χ2n) is 6.05. The van der Waals surface area contributed by atoms with Crippen LogP contribution in [0.1, 0.15) is 29.8 Å². The van der Waals surface area contributed by atoms with E-state index >= 15 is 0 Å². The van der Waals surface area contributed by atoms with Crippen molar-refractivity contribution in [1.82, 2.24) is 10.3 Å². The maximum absolute atomic E-state index is 12.8. The summed E-state index contributed by atoms with van der Waals surface area (Å²) in [6, 6.07) is 25.7. The van der Waals surface area contributed by atoms with Crippen molar-refractivity contribution in [2.24, 2.45) is 0 Å². The monoisotopic (exact) mass is 362 g/mol. The Morgan fingerprint density at radius 2 is 1.62 bits per heavy atom. The topological polar surface area (TPSA) is 42.0 Å². The van der Waals surface area contributed by atoms with Gasteiger partial charge in [-0.2, -0.15) is 0 Å². The molecule has 1 aromatic heterocycles. The first-order valence-corrected chi connectivity index (χ1v) is 9.70. The summed E-state index contributed by atoms with van der Waals surface area (Å²) >= 11 is 1.64. The largest absolute Gasteiger partial charge is 0.343 e. The molecule has 0 radical (unpaired) electrons. The van der Waals surface area contributed by atoms with Crippen LogP contribution in [0.2, 0.25) is 0 Å². The number of benzene rings is 2. The first kappa shape index (κ1) is 18.2. The Labute approximate surface area is 158 Å². The molecule has 3 rings (SSSR count). The van der Waals surface area contributed by atoms with E-state index in [1.807, 2.05) is 73.7 Å². The van der Waals surface area contributed by atoms with Crippen LogP contribution in [-0.2, 0) is 10.5 Å². The van der Waals surface area contributed by atoms with Crippen molar-refractivity contribution < 1.29 is 4.79 Å². The summed E-state index contributed by atoms with van der Waals surface area (Å²) in [5.41, 5.74) is 3.09. The highest BCUT2D eigenvalue weighted by atomic mass is 32.2. The summed E-state index contributed by atoms with van der Waals surface area (Å²) in [5, 5.41) is 3.02. The number of aromatic nitrogens is 1. The number of nitrogens with one attached hydrogen (secondary N) is 1. The van der Waals surface area contributed by atoms with Crippen LogP contribution in [0.25, 0.3) is 0 Å². The van der Waals surface area contributed by atoms with Gasteiger partial charge in [0.1, 0.15) is 0 Å². The van der Waals surface area contributed by atoms with E-state index in [2.05, 4.69) is 22.4 Å². The first-order chi connectivity index (χ1) is 12.7. The van der Waals surface area contributed by atoms with Crippen LogP contribution >= 0.6 is 11.8 Å². The molecule has 2 aromatic carbocycles. The van der Waals surface area contributed by atoms with Crippen LogP contribution in [0.4, 0.5) is 0 Å². The van der Waals surface area contributed by atoms with Crippen LogP contribution in [0, 0.1) is 0 Å². The summed E-state index contributed by atoms with van der Waals surface area (Å²) in [6.07, 6.45) is 1.75. The van der Waals surface area contributed by atoms with Gasteiger partial charge in [0.2, 0.25) is 5.91 Å². The van der Waals surface area contributed by atoms with E-state index in [4.69, 9.17) is 0 Å². The predicted octanol–water partition coefficient (Wildman–Crippen LogP) is 4.61. The third kappa shape index (κ3) is 4.96. The summed E-state index contributed by atoms with van der Waals surface area (Å²) in [7, 11) is 0. The molecule has 26 heavy (non-hydrogen) atoms. The quantitative estimate of drug-likeness (QED) is 0.667. The molecule has 0 saturated heterocycles. The zero-order chi connectivity index (χ0) is 18.2. The smallest absolute Gasteiger partial charge is 0.233 e. The van der Waals surface area contributed by atoms with Gasteiger partial charge >= 0.3 is 0 Å². The Kier molecular flexibility index (Phi) is 6.45. The molecule has 4 heteroatoms. The molecule has 0 aliphatic carbocycles. The average molecular weight is 362 g/mol. The van der Waals surface area contributed by atoms with Gasteiger partial charge in [0.15, 0.2) is 0 Å². The van der Waals surface area contributed by atoms with Crippen molar-refractivity contribution in [3.8, 4) is 0 Å². The van der Waals surface area contributed by atoms with E-state index in [-0.39, 0.29) is 17.2 Å². The number of carbonyl (C=O) groups is 1. The summed E-state index contributed by atoms with van der Waals surface area (Å²) in [6.45, 7) is 1.95. The Hall–Kier alpha value is -2.59. The van der Waals surface area contributed by atoms with E-state index in [1.54, 1.807) is 18.0 Å². The molecule has 0 fully saturated rings. The number of pyridine rings is 1. The lowest BCUT2D eigenvalue weighted by molar-refractivity contribution is -0.120. The number of rotatable bonds is 7. The highest BCUT2D eigenvalue weighted by molar-refractivity contribution is 7.99. The minimum atomic E-state index is -0.246. The number of amides is 1. The van der Waals surface area contributed by atoms with Gasteiger partial charge in [-0.15, -0.1) is 11.8 Å². The van der Waals surface area contributed by atoms with Crippen molar-refractivity contribution in [2.45, 2.75) is 24.0 Å². The predicted molar refractivity (Wildman–Crippen MR) is 108 cm³/mol.